The van der Waals surface area contributed by atoms with E-state index in [-0.39, 0.29) is 11.3 Å². The van der Waals surface area contributed by atoms with Crippen LogP contribution in [0.3, 0.4) is 0 Å². The van der Waals surface area contributed by atoms with Crippen molar-refractivity contribution in [2.24, 2.45) is 0 Å². The maximum Gasteiger partial charge on any atom is 0.343 e. The van der Waals surface area contributed by atoms with Crippen LogP contribution in [0.2, 0.25) is 0 Å². The molecule has 1 heterocycles. The Morgan fingerprint density at radius 2 is 1.93 bits per heavy atom. The summed E-state index contributed by atoms with van der Waals surface area (Å²) in [5.41, 5.74) is 1.95. The van der Waals surface area contributed by atoms with E-state index < -0.39 is 10.9 Å². The maximum atomic E-state index is 12.3. The number of nitro groups is 1. The summed E-state index contributed by atoms with van der Waals surface area (Å²) in [6.07, 6.45) is 1.45. The van der Waals surface area contributed by atoms with Crippen molar-refractivity contribution in [1.29, 1.82) is 0 Å². The van der Waals surface area contributed by atoms with Gasteiger partial charge in [-0.2, -0.15) is 0 Å². The second kappa shape index (κ2) is 7.61. The van der Waals surface area contributed by atoms with Crippen molar-refractivity contribution in [3.8, 4) is 5.75 Å². The summed E-state index contributed by atoms with van der Waals surface area (Å²) in [7, 11) is 0. The first kappa shape index (κ1) is 18.0. The zero-order chi connectivity index (χ0) is 19.4. The number of hydrogen-bond donors (Lipinski definition) is 1. The molecule has 0 amide bonds. The van der Waals surface area contributed by atoms with Crippen molar-refractivity contribution in [3.63, 3.8) is 0 Å². The lowest BCUT2D eigenvalue weighted by atomic mass is 10.1. The lowest BCUT2D eigenvalue weighted by Crippen LogP contribution is -2.09. The number of ether oxygens (including phenoxy) is 1. The Bertz CT molecular complexity index is 1020. The summed E-state index contributed by atoms with van der Waals surface area (Å²) in [6.45, 7) is 3.46. The Labute approximate surface area is 155 Å². The molecular formula is C19H16N4O4. The Morgan fingerprint density at radius 3 is 2.67 bits per heavy atom. The van der Waals surface area contributed by atoms with Gasteiger partial charge in [0.1, 0.15) is 17.9 Å². The first-order valence-electron chi connectivity index (χ1n) is 8.05. The predicted molar refractivity (Wildman–Crippen MR) is 99.3 cm³/mol. The van der Waals surface area contributed by atoms with Crippen molar-refractivity contribution in [3.05, 3.63) is 81.8 Å². The van der Waals surface area contributed by atoms with Gasteiger partial charge in [0, 0.05) is 35.1 Å². The van der Waals surface area contributed by atoms with Crippen LogP contribution in [-0.4, -0.2) is 20.9 Å². The molecule has 0 aliphatic rings. The molecule has 0 atom stereocenters. The zero-order valence-electron chi connectivity index (χ0n) is 14.7. The molecule has 1 aromatic heterocycles. The van der Waals surface area contributed by atoms with Gasteiger partial charge in [0.2, 0.25) is 0 Å². The summed E-state index contributed by atoms with van der Waals surface area (Å²) >= 11 is 0. The molecule has 0 fully saturated rings. The van der Waals surface area contributed by atoms with E-state index in [1.807, 2.05) is 6.92 Å². The standard InChI is InChI=1S/C19H16N4O4/c1-12-6-7-14(9-17(12)23(25)26)19(24)27-16-5-3-4-15(10-16)22-18-8-13(2)20-11-21-18/h3-11H,1-2H3,(H,20,21,22). The van der Waals surface area contributed by atoms with E-state index in [9.17, 15) is 14.9 Å². The van der Waals surface area contributed by atoms with Crippen LogP contribution >= 0.6 is 0 Å². The Kier molecular flexibility index (Phi) is 5.07. The fourth-order valence-electron chi connectivity index (χ4n) is 2.41. The third-order valence-electron chi connectivity index (χ3n) is 3.76. The number of nitrogens with zero attached hydrogens (tertiary/aromatic N) is 3. The molecule has 2 aromatic carbocycles. The largest absolute Gasteiger partial charge is 0.423 e. The van der Waals surface area contributed by atoms with E-state index in [0.717, 1.165) is 5.69 Å². The molecule has 136 valence electrons. The summed E-state index contributed by atoms with van der Waals surface area (Å²) < 4.78 is 5.34. The molecule has 0 saturated heterocycles. The molecule has 8 nitrogen and oxygen atoms in total. The van der Waals surface area contributed by atoms with Gasteiger partial charge in [-0.15, -0.1) is 0 Å². The van der Waals surface area contributed by atoms with Crippen LogP contribution in [0.5, 0.6) is 5.75 Å². The highest BCUT2D eigenvalue weighted by Gasteiger charge is 2.16. The Hall–Kier alpha value is -3.81. The van der Waals surface area contributed by atoms with Crippen molar-refractivity contribution in [1.82, 2.24) is 9.97 Å². The van der Waals surface area contributed by atoms with Gasteiger partial charge in [0.25, 0.3) is 5.69 Å². The van der Waals surface area contributed by atoms with Gasteiger partial charge < -0.3 is 10.1 Å². The van der Waals surface area contributed by atoms with Crippen molar-refractivity contribution in [2.45, 2.75) is 13.8 Å². The Balaban J connectivity index is 1.77. The van der Waals surface area contributed by atoms with Gasteiger partial charge in [-0.1, -0.05) is 12.1 Å². The molecular weight excluding hydrogens is 348 g/mol. The number of rotatable bonds is 5. The van der Waals surface area contributed by atoms with Crippen molar-refractivity contribution >= 4 is 23.2 Å². The zero-order valence-corrected chi connectivity index (χ0v) is 14.7. The van der Waals surface area contributed by atoms with Crippen LogP contribution in [0, 0.1) is 24.0 Å². The van der Waals surface area contributed by atoms with Crippen molar-refractivity contribution in [2.75, 3.05) is 5.32 Å². The highest BCUT2D eigenvalue weighted by atomic mass is 16.6. The number of carbonyl (C=O) groups is 1. The van der Waals surface area contributed by atoms with Crippen LogP contribution in [0.1, 0.15) is 21.6 Å². The first-order chi connectivity index (χ1) is 12.9. The first-order valence-corrected chi connectivity index (χ1v) is 8.05. The second-order valence-electron chi connectivity index (χ2n) is 5.85. The van der Waals surface area contributed by atoms with Crippen LogP contribution in [-0.2, 0) is 0 Å². The summed E-state index contributed by atoms with van der Waals surface area (Å²) in [5, 5.41) is 14.1. The predicted octanol–water partition coefficient (Wildman–Crippen LogP) is 3.96. The van der Waals surface area contributed by atoms with Crippen LogP contribution < -0.4 is 10.1 Å². The number of benzene rings is 2. The average Bonchev–Trinajstić information content (AvgIpc) is 2.62. The van der Waals surface area contributed by atoms with E-state index in [1.54, 1.807) is 37.3 Å². The fourth-order valence-corrected chi connectivity index (χ4v) is 2.41. The van der Waals surface area contributed by atoms with Gasteiger partial charge in [0.05, 0.1) is 10.5 Å². The molecule has 27 heavy (non-hydrogen) atoms. The topological polar surface area (TPSA) is 107 Å². The molecule has 1 N–H and O–H groups in total. The number of esters is 1. The van der Waals surface area contributed by atoms with Gasteiger partial charge in [-0.05, 0) is 32.0 Å². The van der Waals surface area contributed by atoms with Gasteiger partial charge in [-0.3, -0.25) is 10.1 Å². The number of aromatic nitrogens is 2. The van der Waals surface area contributed by atoms with Gasteiger partial charge in [0.15, 0.2) is 0 Å². The van der Waals surface area contributed by atoms with Crippen LogP contribution in [0.15, 0.2) is 54.9 Å². The maximum absolute atomic E-state index is 12.3. The summed E-state index contributed by atoms with van der Waals surface area (Å²) in [4.78, 5) is 31.0. The molecule has 8 heteroatoms. The smallest absolute Gasteiger partial charge is 0.343 e. The van der Waals surface area contributed by atoms with Crippen molar-refractivity contribution < 1.29 is 14.5 Å². The lowest BCUT2D eigenvalue weighted by Gasteiger charge is -2.09. The second-order valence-corrected chi connectivity index (χ2v) is 5.85. The number of nitrogens with one attached hydrogen (secondary N) is 1. The number of carbonyl (C=O) groups excluding carboxylic acids is 1. The van der Waals surface area contributed by atoms with E-state index in [1.165, 1.54) is 24.5 Å². The SMILES string of the molecule is Cc1cc(Nc2cccc(OC(=O)c3ccc(C)c([N+](=O)[O-])c3)c2)ncn1. The number of nitro benzene ring substituents is 1. The van der Waals surface area contributed by atoms with E-state index in [0.29, 0.717) is 22.8 Å². The van der Waals surface area contributed by atoms with Gasteiger partial charge in [-0.25, -0.2) is 14.8 Å². The fraction of sp³-hybridized carbons (Fsp3) is 0.105. The number of aryl methyl sites for hydroxylation is 2. The van der Waals surface area contributed by atoms with E-state index >= 15 is 0 Å². The Morgan fingerprint density at radius 1 is 1.11 bits per heavy atom. The third-order valence-corrected chi connectivity index (χ3v) is 3.76. The minimum atomic E-state index is -0.673. The molecule has 0 radical (unpaired) electrons. The molecule has 3 aromatic rings. The quantitative estimate of drug-likeness (QED) is 0.316. The molecule has 0 bridgehead atoms. The molecule has 3 rings (SSSR count). The lowest BCUT2D eigenvalue weighted by molar-refractivity contribution is -0.385. The van der Waals surface area contributed by atoms with Gasteiger partial charge >= 0.3 is 5.97 Å². The highest BCUT2D eigenvalue weighted by molar-refractivity contribution is 5.92. The minimum absolute atomic E-state index is 0.108. The molecule has 0 spiro atoms. The molecule has 0 unspecified atom stereocenters. The average molecular weight is 364 g/mol. The normalized spacial score (nSPS) is 10.3. The number of hydrogen-bond acceptors (Lipinski definition) is 7. The van der Waals surface area contributed by atoms with Crippen LogP contribution in [0.4, 0.5) is 17.2 Å². The highest BCUT2D eigenvalue weighted by Crippen LogP contribution is 2.23. The molecule has 0 saturated carbocycles. The summed E-state index contributed by atoms with van der Waals surface area (Å²) in [5.74, 6) is 0.243. The molecule has 0 aliphatic heterocycles. The number of anilines is 2. The van der Waals surface area contributed by atoms with E-state index in [4.69, 9.17) is 4.74 Å². The van der Waals surface area contributed by atoms with Crippen LogP contribution in [0.25, 0.3) is 0 Å². The van der Waals surface area contributed by atoms with E-state index in [2.05, 4.69) is 15.3 Å². The molecule has 0 aliphatic carbocycles. The monoisotopic (exact) mass is 364 g/mol. The summed E-state index contributed by atoms with van der Waals surface area (Å²) in [6, 6.07) is 12.8. The minimum Gasteiger partial charge on any atom is -0.423 e. The third kappa shape index (κ3) is 4.43.